The standard InChI is InChI=1S/C27H17Cl2NO5/c1-13-5-4-6-14(11-13)22-20-21(26(34)30(25(20)33)19-10-9-15(28)12-18(19)29)27(35-22)23(31)16-7-2-3-8-17(16)24(27)32/h2-12,20-22H,1H3/t20-,21+,22-/m0/s1. The van der Waals surface area contributed by atoms with E-state index in [2.05, 4.69) is 0 Å². The maximum Gasteiger partial charge on any atom is 0.241 e. The van der Waals surface area contributed by atoms with Crippen molar-refractivity contribution in [1.29, 1.82) is 0 Å². The highest BCUT2D eigenvalue weighted by molar-refractivity contribution is 6.40. The van der Waals surface area contributed by atoms with Crippen molar-refractivity contribution in [2.45, 2.75) is 18.6 Å². The molecule has 3 aromatic carbocycles. The lowest BCUT2D eigenvalue weighted by molar-refractivity contribution is -0.127. The molecule has 0 N–H and O–H groups in total. The van der Waals surface area contributed by atoms with E-state index in [0.717, 1.165) is 10.5 Å². The number of ether oxygens (including phenoxy) is 1. The van der Waals surface area contributed by atoms with Crippen molar-refractivity contribution in [3.8, 4) is 0 Å². The van der Waals surface area contributed by atoms with Crippen molar-refractivity contribution >= 4 is 52.3 Å². The van der Waals surface area contributed by atoms with Crippen LogP contribution in [0.5, 0.6) is 0 Å². The number of imide groups is 1. The normalized spacial score (nSPS) is 24.4. The van der Waals surface area contributed by atoms with Crippen LogP contribution in [0, 0.1) is 18.8 Å². The first-order valence-electron chi connectivity index (χ1n) is 11.0. The predicted molar refractivity (Wildman–Crippen MR) is 129 cm³/mol. The second kappa shape index (κ2) is 7.59. The monoisotopic (exact) mass is 505 g/mol. The fourth-order valence-corrected chi connectivity index (χ4v) is 6.06. The van der Waals surface area contributed by atoms with E-state index in [9.17, 15) is 19.2 Å². The summed E-state index contributed by atoms with van der Waals surface area (Å²) in [6, 6.07) is 18.1. The molecule has 2 heterocycles. The molecule has 2 amide bonds. The zero-order valence-electron chi connectivity index (χ0n) is 18.3. The van der Waals surface area contributed by atoms with Gasteiger partial charge in [-0.2, -0.15) is 0 Å². The number of carbonyl (C=O) groups excluding carboxylic acids is 4. The number of Topliss-reactive ketones (excluding diaryl/α,β-unsaturated/α-hetero) is 2. The zero-order chi connectivity index (χ0) is 24.6. The first-order valence-corrected chi connectivity index (χ1v) is 11.8. The number of anilines is 1. The summed E-state index contributed by atoms with van der Waals surface area (Å²) in [5.41, 5.74) is -0.0879. The molecule has 0 saturated carbocycles. The number of amides is 2. The summed E-state index contributed by atoms with van der Waals surface area (Å²) in [6.07, 6.45) is -0.977. The van der Waals surface area contributed by atoms with Crippen molar-refractivity contribution in [1.82, 2.24) is 0 Å². The summed E-state index contributed by atoms with van der Waals surface area (Å²) < 4.78 is 6.28. The van der Waals surface area contributed by atoms with E-state index in [-0.39, 0.29) is 21.8 Å². The molecule has 0 bridgehead atoms. The minimum absolute atomic E-state index is 0.105. The predicted octanol–water partition coefficient (Wildman–Crippen LogP) is 5.00. The van der Waals surface area contributed by atoms with Gasteiger partial charge in [-0.05, 0) is 30.7 Å². The van der Waals surface area contributed by atoms with Crippen LogP contribution in [0.2, 0.25) is 10.0 Å². The highest BCUT2D eigenvalue weighted by atomic mass is 35.5. The van der Waals surface area contributed by atoms with Gasteiger partial charge in [-0.1, -0.05) is 77.3 Å². The molecule has 174 valence electrons. The summed E-state index contributed by atoms with van der Waals surface area (Å²) in [5.74, 6) is -4.90. The van der Waals surface area contributed by atoms with Gasteiger partial charge in [-0.15, -0.1) is 0 Å². The number of fused-ring (bicyclic) bond motifs is 3. The van der Waals surface area contributed by atoms with E-state index in [0.29, 0.717) is 10.6 Å². The Hall–Kier alpha value is -3.32. The SMILES string of the molecule is Cc1cccc([C@@H]2OC3(C(=O)c4ccccc4C3=O)[C@H]3C(=O)N(c4ccc(Cl)cc4Cl)C(=O)[C@H]23)c1. The summed E-state index contributed by atoms with van der Waals surface area (Å²) in [4.78, 5) is 56.2. The van der Waals surface area contributed by atoms with E-state index in [4.69, 9.17) is 27.9 Å². The average molecular weight is 506 g/mol. The largest absolute Gasteiger partial charge is 0.349 e. The van der Waals surface area contributed by atoms with Crippen LogP contribution in [0.4, 0.5) is 5.69 Å². The van der Waals surface area contributed by atoms with Crippen LogP contribution in [-0.2, 0) is 14.3 Å². The van der Waals surface area contributed by atoms with Crippen LogP contribution < -0.4 is 4.90 Å². The maximum absolute atomic E-state index is 13.9. The second-order valence-electron chi connectivity index (χ2n) is 9.00. The Morgan fingerprint density at radius 1 is 0.829 bits per heavy atom. The molecule has 35 heavy (non-hydrogen) atoms. The van der Waals surface area contributed by atoms with E-state index < -0.39 is 46.9 Å². The molecule has 2 fully saturated rings. The molecular weight excluding hydrogens is 489 g/mol. The number of aryl methyl sites for hydroxylation is 1. The Bertz CT molecular complexity index is 1450. The lowest BCUT2D eigenvalue weighted by atomic mass is 9.77. The van der Waals surface area contributed by atoms with Gasteiger partial charge in [0.15, 0.2) is 0 Å². The number of benzene rings is 3. The minimum Gasteiger partial charge on any atom is -0.349 e. The molecule has 2 aliphatic heterocycles. The molecule has 3 aromatic rings. The zero-order valence-corrected chi connectivity index (χ0v) is 19.8. The first-order chi connectivity index (χ1) is 16.8. The Labute approximate surface area is 210 Å². The minimum atomic E-state index is -2.12. The van der Waals surface area contributed by atoms with Gasteiger partial charge in [0.25, 0.3) is 0 Å². The quantitative estimate of drug-likeness (QED) is 0.361. The van der Waals surface area contributed by atoms with Gasteiger partial charge < -0.3 is 4.74 Å². The van der Waals surface area contributed by atoms with Gasteiger partial charge in [0.05, 0.1) is 28.6 Å². The molecule has 0 aromatic heterocycles. The summed E-state index contributed by atoms with van der Waals surface area (Å²) >= 11 is 12.4. The van der Waals surface area contributed by atoms with Gasteiger partial charge in [-0.25, -0.2) is 4.90 Å². The van der Waals surface area contributed by atoms with Gasteiger partial charge in [0.1, 0.15) is 0 Å². The average Bonchev–Trinajstić information content (AvgIpc) is 3.40. The number of hydrogen-bond acceptors (Lipinski definition) is 5. The molecule has 3 aliphatic rings. The van der Waals surface area contributed by atoms with Crippen LogP contribution in [0.25, 0.3) is 0 Å². The molecule has 6 rings (SSSR count). The number of ketones is 2. The molecule has 6 nitrogen and oxygen atoms in total. The number of carbonyl (C=O) groups is 4. The Balaban J connectivity index is 1.56. The third-order valence-corrected chi connectivity index (χ3v) is 7.58. The van der Waals surface area contributed by atoms with E-state index in [1.165, 1.54) is 30.3 Å². The molecule has 0 radical (unpaired) electrons. The fraction of sp³-hybridized carbons (Fsp3) is 0.185. The summed E-state index contributed by atoms with van der Waals surface area (Å²) in [5, 5.41) is 0.445. The number of halogens is 2. The van der Waals surface area contributed by atoms with Crippen LogP contribution in [0.3, 0.4) is 0 Å². The van der Waals surface area contributed by atoms with E-state index in [1.54, 1.807) is 24.3 Å². The first kappa shape index (κ1) is 22.2. The smallest absolute Gasteiger partial charge is 0.241 e. The summed E-state index contributed by atoms with van der Waals surface area (Å²) in [7, 11) is 0. The van der Waals surface area contributed by atoms with E-state index >= 15 is 0 Å². The molecule has 3 atom stereocenters. The van der Waals surface area contributed by atoms with Gasteiger partial charge in [-0.3, -0.25) is 19.2 Å². The second-order valence-corrected chi connectivity index (χ2v) is 9.85. The number of rotatable bonds is 2. The van der Waals surface area contributed by atoms with E-state index in [1.807, 2.05) is 19.1 Å². The summed E-state index contributed by atoms with van der Waals surface area (Å²) in [6.45, 7) is 1.88. The Morgan fingerprint density at radius 3 is 2.14 bits per heavy atom. The molecule has 8 heteroatoms. The van der Waals surface area contributed by atoms with Crippen LogP contribution in [-0.4, -0.2) is 29.0 Å². The van der Waals surface area contributed by atoms with Crippen molar-refractivity contribution in [2.75, 3.05) is 4.90 Å². The molecule has 0 unspecified atom stereocenters. The van der Waals surface area contributed by atoms with Gasteiger partial charge in [0, 0.05) is 16.1 Å². The highest BCUT2D eigenvalue weighted by Gasteiger charge is 2.74. The number of hydrogen-bond donors (Lipinski definition) is 0. The fourth-order valence-electron chi connectivity index (χ4n) is 5.57. The van der Waals surface area contributed by atoms with Crippen molar-refractivity contribution < 1.29 is 23.9 Å². The highest BCUT2D eigenvalue weighted by Crippen LogP contribution is 2.58. The third-order valence-electron chi connectivity index (χ3n) is 7.04. The molecular formula is C27H17Cl2NO5. The third kappa shape index (κ3) is 2.88. The molecule has 2 saturated heterocycles. The Kier molecular flexibility index (Phi) is 4.81. The molecule has 1 spiro atoms. The van der Waals surface area contributed by atoms with Crippen molar-refractivity contribution in [2.24, 2.45) is 11.8 Å². The lowest BCUT2D eigenvalue weighted by Gasteiger charge is -2.27. The topological polar surface area (TPSA) is 80.8 Å². The van der Waals surface area contributed by atoms with Crippen LogP contribution >= 0.6 is 23.2 Å². The maximum atomic E-state index is 13.9. The molecule has 1 aliphatic carbocycles. The lowest BCUT2D eigenvalue weighted by Crippen LogP contribution is -2.51. The van der Waals surface area contributed by atoms with Crippen molar-refractivity contribution in [3.63, 3.8) is 0 Å². The Morgan fingerprint density at radius 2 is 1.51 bits per heavy atom. The van der Waals surface area contributed by atoms with Crippen molar-refractivity contribution in [3.05, 3.63) is 99.0 Å². The number of nitrogens with zero attached hydrogens (tertiary/aromatic N) is 1. The van der Waals surface area contributed by atoms with Gasteiger partial charge in [0.2, 0.25) is 29.0 Å². The van der Waals surface area contributed by atoms with Crippen LogP contribution in [0.15, 0.2) is 66.7 Å². The van der Waals surface area contributed by atoms with Crippen LogP contribution in [0.1, 0.15) is 37.9 Å². The van der Waals surface area contributed by atoms with Gasteiger partial charge >= 0.3 is 0 Å².